The lowest BCUT2D eigenvalue weighted by molar-refractivity contribution is -0.137. The summed E-state index contributed by atoms with van der Waals surface area (Å²) in [6.07, 6.45) is -4.42. The third-order valence-corrected chi connectivity index (χ3v) is 5.18. The Kier molecular flexibility index (Phi) is 4.85. The first-order valence-corrected chi connectivity index (χ1v) is 9.25. The lowest BCUT2D eigenvalue weighted by Gasteiger charge is -2.17. The lowest BCUT2D eigenvalue weighted by Crippen LogP contribution is -2.07. The number of nitrogens with one attached hydrogen (secondary N) is 1. The molecule has 9 heteroatoms. The van der Waals surface area contributed by atoms with Crippen molar-refractivity contribution in [3.05, 3.63) is 75.0 Å². The minimum atomic E-state index is -4.52. The van der Waals surface area contributed by atoms with Gasteiger partial charge in [-0.15, -0.1) is 0 Å². The standard InChI is InChI=1S/C21H18F3NO5/c1-10(26)16-9-12(21(22,23)24)3-7-17(16)29-13-4-6-14-11(8-13)2-5-15(14)18-19(27)25-20(28)30-18/h3-4,6-10,15,26-27H,2,5H2,1H3,(H,25,28)/t10?,15-/m1/s1. The van der Waals surface area contributed by atoms with Gasteiger partial charge >= 0.3 is 11.9 Å². The summed E-state index contributed by atoms with van der Waals surface area (Å²) in [6, 6.07) is 8.12. The third kappa shape index (κ3) is 3.68. The van der Waals surface area contributed by atoms with Crippen molar-refractivity contribution in [2.24, 2.45) is 0 Å². The van der Waals surface area contributed by atoms with Crippen molar-refractivity contribution in [1.29, 1.82) is 0 Å². The molecule has 3 aromatic rings. The first-order valence-electron chi connectivity index (χ1n) is 9.25. The van der Waals surface area contributed by atoms with Gasteiger partial charge in [0, 0.05) is 11.5 Å². The van der Waals surface area contributed by atoms with Crippen molar-refractivity contribution in [3.63, 3.8) is 0 Å². The molecule has 0 saturated carbocycles. The van der Waals surface area contributed by atoms with E-state index < -0.39 is 23.6 Å². The minimum absolute atomic E-state index is 0.0298. The van der Waals surface area contributed by atoms with Crippen LogP contribution >= 0.6 is 0 Å². The van der Waals surface area contributed by atoms with Crippen LogP contribution in [0.5, 0.6) is 17.4 Å². The van der Waals surface area contributed by atoms with Crippen molar-refractivity contribution >= 4 is 0 Å². The highest BCUT2D eigenvalue weighted by molar-refractivity contribution is 5.48. The zero-order valence-electron chi connectivity index (χ0n) is 15.8. The number of H-pyrrole nitrogens is 1. The van der Waals surface area contributed by atoms with Crippen LogP contribution in [0, 0.1) is 0 Å². The normalized spacial score (nSPS) is 17.0. The topological polar surface area (TPSA) is 95.7 Å². The largest absolute Gasteiger partial charge is 0.492 e. The van der Waals surface area contributed by atoms with Crippen LogP contribution in [-0.2, 0) is 12.6 Å². The van der Waals surface area contributed by atoms with Gasteiger partial charge in [-0.3, -0.25) is 4.98 Å². The van der Waals surface area contributed by atoms with Crippen molar-refractivity contribution in [3.8, 4) is 17.4 Å². The summed E-state index contributed by atoms with van der Waals surface area (Å²) in [4.78, 5) is 13.5. The van der Waals surface area contributed by atoms with E-state index in [1.807, 2.05) is 0 Å². The van der Waals surface area contributed by atoms with Crippen LogP contribution in [0.15, 0.2) is 45.6 Å². The van der Waals surface area contributed by atoms with Crippen LogP contribution in [0.3, 0.4) is 0 Å². The van der Waals surface area contributed by atoms with Gasteiger partial charge in [0.15, 0.2) is 5.76 Å². The monoisotopic (exact) mass is 421 g/mol. The number of fused-ring (bicyclic) bond motifs is 1. The number of aromatic amines is 1. The number of alkyl halides is 3. The maximum atomic E-state index is 13.0. The third-order valence-electron chi connectivity index (χ3n) is 5.18. The smallest absolute Gasteiger partial charge is 0.419 e. The van der Waals surface area contributed by atoms with Crippen LogP contribution in [0.2, 0.25) is 0 Å². The predicted molar refractivity (Wildman–Crippen MR) is 99.8 cm³/mol. The second-order valence-corrected chi connectivity index (χ2v) is 7.21. The summed E-state index contributed by atoms with van der Waals surface area (Å²) in [5.74, 6) is -0.621. The Bertz CT molecular complexity index is 1150. The number of benzene rings is 2. The minimum Gasteiger partial charge on any atom is -0.492 e. The van der Waals surface area contributed by atoms with Crippen molar-refractivity contribution in [1.82, 2.24) is 4.98 Å². The first-order chi connectivity index (χ1) is 14.1. The molecule has 0 radical (unpaired) electrons. The number of aliphatic hydroxyl groups excluding tert-OH is 1. The molecule has 1 aliphatic rings. The number of halogens is 3. The van der Waals surface area contributed by atoms with Crippen LogP contribution in [0.25, 0.3) is 0 Å². The number of aryl methyl sites for hydroxylation is 1. The zero-order valence-corrected chi connectivity index (χ0v) is 15.8. The van der Waals surface area contributed by atoms with Crippen molar-refractivity contribution in [2.45, 2.75) is 38.0 Å². The zero-order chi connectivity index (χ0) is 21.6. The molecule has 30 heavy (non-hydrogen) atoms. The Hall–Kier alpha value is -3.20. The van der Waals surface area contributed by atoms with E-state index in [1.54, 1.807) is 18.2 Å². The van der Waals surface area contributed by atoms with Gasteiger partial charge in [0.1, 0.15) is 11.5 Å². The van der Waals surface area contributed by atoms with E-state index in [-0.39, 0.29) is 28.9 Å². The molecule has 6 nitrogen and oxygen atoms in total. The Morgan fingerprint density at radius 3 is 2.63 bits per heavy atom. The molecule has 1 unspecified atom stereocenters. The first kappa shape index (κ1) is 20.1. The number of aromatic hydroxyl groups is 1. The molecule has 4 rings (SSSR count). The van der Waals surface area contributed by atoms with Gasteiger partial charge in [-0.1, -0.05) is 6.07 Å². The van der Waals surface area contributed by atoms with Gasteiger partial charge in [0.2, 0.25) is 5.88 Å². The number of oxazole rings is 1. The fraction of sp³-hybridized carbons (Fsp3) is 0.286. The highest BCUT2D eigenvalue weighted by atomic mass is 19.4. The molecule has 0 fully saturated rings. The number of aromatic nitrogens is 1. The summed E-state index contributed by atoms with van der Waals surface area (Å²) in [6.45, 7) is 1.37. The number of aliphatic hydroxyl groups is 1. The molecule has 1 aliphatic carbocycles. The van der Waals surface area contributed by atoms with Gasteiger partial charge < -0.3 is 19.4 Å². The van der Waals surface area contributed by atoms with E-state index in [2.05, 4.69) is 4.98 Å². The average molecular weight is 421 g/mol. The Labute approximate surface area is 168 Å². The average Bonchev–Trinajstić information content (AvgIpc) is 3.22. The summed E-state index contributed by atoms with van der Waals surface area (Å²) in [5, 5.41) is 19.8. The van der Waals surface area contributed by atoms with E-state index in [0.29, 0.717) is 18.6 Å². The molecule has 158 valence electrons. The molecule has 0 saturated heterocycles. The van der Waals surface area contributed by atoms with Crippen molar-refractivity contribution < 1.29 is 32.5 Å². The molecular weight excluding hydrogens is 403 g/mol. The second kappa shape index (κ2) is 7.24. The highest BCUT2D eigenvalue weighted by Gasteiger charge is 2.32. The molecule has 0 aliphatic heterocycles. The van der Waals surface area contributed by atoms with E-state index >= 15 is 0 Å². The molecule has 3 N–H and O–H groups in total. The summed E-state index contributed by atoms with van der Waals surface area (Å²) in [5.41, 5.74) is 0.937. The Morgan fingerprint density at radius 1 is 1.23 bits per heavy atom. The van der Waals surface area contributed by atoms with E-state index in [4.69, 9.17) is 9.15 Å². The van der Waals surface area contributed by atoms with E-state index in [9.17, 15) is 28.2 Å². The van der Waals surface area contributed by atoms with Gasteiger partial charge in [-0.05, 0) is 61.2 Å². The SMILES string of the molecule is CC(O)c1cc(C(F)(F)F)ccc1Oc1ccc2c(c1)CC[C@H]2c1oc(=O)[nH]c1O. The second-order valence-electron chi connectivity index (χ2n) is 7.21. The summed E-state index contributed by atoms with van der Waals surface area (Å²) < 4.78 is 49.8. The quantitative estimate of drug-likeness (QED) is 0.572. The van der Waals surface area contributed by atoms with Crippen molar-refractivity contribution in [2.75, 3.05) is 0 Å². The summed E-state index contributed by atoms with van der Waals surface area (Å²) in [7, 11) is 0. The maximum Gasteiger partial charge on any atom is 0.419 e. The molecule has 0 spiro atoms. The van der Waals surface area contributed by atoms with Gasteiger partial charge in [0.25, 0.3) is 0 Å². The highest BCUT2D eigenvalue weighted by Crippen LogP contribution is 2.43. The van der Waals surface area contributed by atoms with Crippen LogP contribution < -0.4 is 10.5 Å². The van der Waals surface area contributed by atoms with Crippen LogP contribution in [0.4, 0.5) is 13.2 Å². The van der Waals surface area contributed by atoms with Crippen LogP contribution in [-0.4, -0.2) is 15.2 Å². The van der Waals surface area contributed by atoms with E-state index in [1.165, 1.54) is 13.0 Å². The molecule has 2 atom stereocenters. The number of rotatable bonds is 4. The van der Waals surface area contributed by atoms with Gasteiger partial charge in [-0.25, -0.2) is 4.79 Å². The fourth-order valence-electron chi connectivity index (χ4n) is 3.77. The molecule has 1 heterocycles. The summed E-state index contributed by atoms with van der Waals surface area (Å²) >= 11 is 0. The molecular formula is C21H18F3NO5. The Morgan fingerprint density at radius 2 is 2.00 bits per heavy atom. The predicted octanol–water partition coefficient (Wildman–Crippen LogP) is 4.62. The van der Waals surface area contributed by atoms with Gasteiger partial charge in [0.05, 0.1) is 11.7 Å². The van der Waals surface area contributed by atoms with E-state index in [0.717, 1.165) is 23.3 Å². The number of ether oxygens (including phenoxy) is 1. The number of hydrogen-bond donors (Lipinski definition) is 3. The number of hydrogen-bond acceptors (Lipinski definition) is 5. The van der Waals surface area contributed by atoms with Crippen LogP contribution in [0.1, 0.15) is 53.4 Å². The Balaban J connectivity index is 1.63. The fourth-order valence-corrected chi connectivity index (χ4v) is 3.77. The maximum absolute atomic E-state index is 13.0. The molecule has 2 aromatic carbocycles. The molecule has 1 aromatic heterocycles. The molecule has 0 bridgehead atoms. The lowest BCUT2D eigenvalue weighted by atomic mass is 9.99. The molecule has 0 amide bonds. The van der Waals surface area contributed by atoms with Gasteiger partial charge in [-0.2, -0.15) is 13.2 Å².